The van der Waals surface area contributed by atoms with Gasteiger partial charge in [-0.2, -0.15) is 0 Å². The lowest BCUT2D eigenvalue weighted by atomic mass is 9.99. The number of rotatable bonds is 6. The average Bonchev–Trinajstić information content (AvgIpc) is 2.89. The lowest BCUT2D eigenvalue weighted by Gasteiger charge is -2.20. The Hall–Kier alpha value is -0.860. The van der Waals surface area contributed by atoms with Crippen LogP contribution in [0.2, 0.25) is 0 Å². The second-order valence-electron chi connectivity index (χ2n) is 6.03. The summed E-state index contributed by atoms with van der Waals surface area (Å²) in [5, 5.41) is 13.6. The molecular weight excluding hydrogens is 234 g/mol. The van der Waals surface area contributed by atoms with Gasteiger partial charge in [0, 0.05) is 12.6 Å². The molecule has 0 aliphatic heterocycles. The van der Waals surface area contributed by atoms with E-state index in [1.807, 2.05) is 0 Å². The summed E-state index contributed by atoms with van der Waals surface area (Å²) in [5.41, 5.74) is 2.64. The highest BCUT2D eigenvalue weighted by Gasteiger charge is 2.19. The second-order valence-corrected chi connectivity index (χ2v) is 6.03. The predicted octanol–water partition coefficient (Wildman–Crippen LogP) is 3.59. The Bertz CT molecular complexity index is 385. The maximum absolute atomic E-state index is 10.1. The van der Waals surface area contributed by atoms with E-state index < -0.39 is 0 Å². The van der Waals surface area contributed by atoms with Crippen molar-refractivity contribution in [3.63, 3.8) is 0 Å². The molecule has 2 atom stereocenters. The zero-order chi connectivity index (χ0) is 13.7. The lowest BCUT2D eigenvalue weighted by Crippen LogP contribution is -2.30. The molecule has 1 saturated carbocycles. The molecule has 1 aliphatic rings. The molecule has 1 aromatic rings. The van der Waals surface area contributed by atoms with E-state index in [0.717, 1.165) is 12.3 Å². The quantitative estimate of drug-likeness (QED) is 0.820. The van der Waals surface area contributed by atoms with Crippen LogP contribution in [0.1, 0.15) is 56.2 Å². The fourth-order valence-electron chi connectivity index (χ4n) is 3.21. The summed E-state index contributed by atoms with van der Waals surface area (Å²) in [6.45, 7) is 5.01. The van der Waals surface area contributed by atoms with Crippen LogP contribution in [0.3, 0.4) is 0 Å². The minimum absolute atomic E-state index is 0.199. The summed E-state index contributed by atoms with van der Waals surface area (Å²) in [4.78, 5) is 0. The first kappa shape index (κ1) is 14.5. The highest BCUT2D eigenvalue weighted by molar-refractivity contribution is 5.28. The normalized spacial score (nSPS) is 19.5. The molecule has 0 spiro atoms. The topological polar surface area (TPSA) is 32.3 Å². The van der Waals surface area contributed by atoms with Crippen molar-refractivity contribution in [3.05, 3.63) is 35.4 Å². The molecule has 0 radical (unpaired) electrons. The van der Waals surface area contributed by atoms with Crippen LogP contribution in [0.5, 0.6) is 0 Å². The third-order valence-electron chi connectivity index (χ3n) is 4.39. The smallest absolute Gasteiger partial charge is 0.0667 e. The molecule has 1 aromatic carbocycles. The van der Waals surface area contributed by atoms with Gasteiger partial charge in [0.2, 0.25) is 0 Å². The van der Waals surface area contributed by atoms with Gasteiger partial charge in [0.1, 0.15) is 0 Å². The van der Waals surface area contributed by atoms with E-state index in [2.05, 4.69) is 43.4 Å². The predicted molar refractivity (Wildman–Crippen MR) is 80.2 cm³/mol. The van der Waals surface area contributed by atoms with E-state index in [-0.39, 0.29) is 6.10 Å². The molecular formula is C17H27NO. The minimum Gasteiger partial charge on any atom is -0.392 e. The zero-order valence-electron chi connectivity index (χ0n) is 12.2. The number of aliphatic hydroxyl groups excluding tert-OH is 1. The summed E-state index contributed by atoms with van der Waals surface area (Å²) < 4.78 is 0. The van der Waals surface area contributed by atoms with Crippen molar-refractivity contribution in [2.45, 2.75) is 58.1 Å². The first-order chi connectivity index (χ1) is 9.16. The Morgan fingerprint density at radius 3 is 2.63 bits per heavy atom. The van der Waals surface area contributed by atoms with Crippen molar-refractivity contribution >= 4 is 0 Å². The number of nitrogens with one attached hydrogen (secondary N) is 1. The van der Waals surface area contributed by atoms with Crippen LogP contribution in [0.4, 0.5) is 0 Å². The van der Waals surface area contributed by atoms with Crippen molar-refractivity contribution in [2.24, 2.45) is 5.92 Å². The molecule has 1 fully saturated rings. The Morgan fingerprint density at radius 2 is 1.95 bits per heavy atom. The molecule has 1 aliphatic carbocycles. The Labute approximate surface area is 117 Å². The maximum atomic E-state index is 10.1. The van der Waals surface area contributed by atoms with Gasteiger partial charge in [-0.25, -0.2) is 0 Å². The van der Waals surface area contributed by atoms with Gasteiger partial charge in [-0.05, 0) is 37.3 Å². The average molecular weight is 261 g/mol. The molecule has 0 aromatic heterocycles. The molecule has 2 nitrogen and oxygen atoms in total. The molecule has 0 saturated heterocycles. The van der Waals surface area contributed by atoms with Gasteiger partial charge in [0.25, 0.3) is 0 Å². The highest BCUT2D eigenvalue weighted by Crippen LogP contribution is 2.28. The van der Waals surface area contributed by atoms with Gasteiger partial charge >= 0.3 is 0 Å². The Morgan fingerprint density at radius 1 is 1.26 bits per heavy atom. The van der Waals surface area contributed by atoms with Gasteiger partial charge in [0.05, 0.1) is 6.10 Å². The Balaban J connectivity index is 1.76. The molecule has 106 valence electrons. The lowest BCUT2D eigenvalue weighted by molar-refractivity contribution is 0.137. The first-order valence-corrected chi connectivity index (χ1v) is 7.64. The van der Waals surface area contributed by atoms with E-state index in [1.54, 1.807) is 0 Å². The van der Waals surface area contributed by atoms with Crippen molar-refractivity contribution in [1.82, 2.24) is 5.32 Å². The second kappa shape index (κ2) is 7.06. The molecule has 0 bridgehead atoms. The summed E-state index contributed by atoms with van der Waals surface area (Å²) in [7, 11) is 0. The third kappa shape index (κ3) is 4.32. The third-order valence-corrected chi connectivity index (χ3v) is 4.39. The molecule has 0 amide bonds. The summed E-state index contributed by atoms with van der Waals surface area (Å²) in [6, 6.07) is 8.76. The van der Waals surface area contributed by atoms with Gasteiger partial charge < -0.3 is 10.4 Å². The van der Waals surface area contributed by atoms with Gasteiger partial charge in [-0.3, -0.25) is 0 Å². The zero-order valence-corrected chi connectivity index (χ0v) is 12.2. The standard InChI is InChI=1S/C17H27NO/c1-13-7-3-6-10-17(13)14(2)18-12-16(19)11-15-8-4-5-9-15/h3,6-7,10,14-16,18-19H,4-5,8-9,11-12H2,1-2H3. The first-order valence-electron chi connectivity index (χ1n) is 7.64. The van der Waals surface area contributed by atoms with Crippen LogP contribution >= 0.6 is 0 Å². The van der Waals surface area contributed by atoms with Gasteiger partial charge in [0.15, 0.2) is 0 Å². The number of benzene rings is 1. The van der Waals surface area contributed by atoms with Gasteiger partial charge in [-0.1, -0.05) is 49.9 Å². The molecule has 2 heteroatoms. The van der Waals surface area contributed by atoms with Crippen molar-refractivity contribution in [2.75, 3.05) is 6.54 Å². The van der Waals surface area contributed by atoms with E-state index in [4.69, 9.17) is 0 Å². The number of aryl methyl sites for hydroxylation is 1. The Kier molecular flexibility index (Phi) is 5.41. The minimum atomic E-state index is -0.199. The molecule has 19 heavy (non-hydrogen) atoms. The van der Waals surface area contributed by atoms with E-state index in [9.17, 15) is 5.11 Å². The van der Waals surface area contributed by atoms with Crippen LogP contribution in [-0.2, 0) is 0 Å². The number of hydrogen-bond donors (Lipinski definition) is 2. The SMILES string of the molecule is Cc1ccccc1C(C)NCC(O)CC1CCCC1. The molecule has 2 unspecified atom stereocenters. The van der Waals surface area contributed by atoms with Crippen LogP contribution in [-0.4, -0.2) is 17.8 Å². The largest absolute Gasteiger partial charge is 0.392 e. The fraction of sp³-hybridized carbons (Fsp3) is 0.647. The van der Waals surface area contributed by atoms with Crippen molar-refractivity contribution in [1.29, 1.82) is 0 Å². The monoisotopic (exact) mass is 261 g/mol. The van der Waals surface area contributed by atoms with Crippen LogP contribution in [0.15, 0.2) is 24.3 Å². The number of hydrogen-bond acceptors (Lipinski definition) is 2. The number of aliphatic hydroxyl groups is 1. The maximum Gasteiger partial charge on any atom is 0.0667 e. The fourth-order valence-corrected chi connectivity index (χ4v) is 3.21. The van der Waals surface area contributed by atoms with Crippen LogP contribution in [0.25, 0.3) is 0 Å². The van der Waals surface area contributed by atoms with E-state index in [1.165, 1.54) is 36.8 Å². The molecule has 2 N–H and O–H groups in total. The van der Waals surface area contributed by atoms with E-state index in [0.29, 0.717) is 12.6 Å². The summed E-state index contributed by atoms with van der Waals surface area (Å²) in [5.74, 6) is 0.755. The van der Waals surface area contributed by atoms with E-state index >= 15 is 0 Å². The van der Waals surface area contributed by atoms with Crippen LogP contribution in [0, 0.1) is 12.8 Å². The van der Waals surface area contributed by atoms with Crippen LogP contribution < -0.4 is 5.32 Å². The summed E-state index contributed by atoms with van der Waals surface area (Å²) in [6.07, 6.45) is 6.09. The van der Waals surface area contributed by atoms with Crippen molar-refractivity contribution < 1.29 is 5.11 Å². The highest BCUT2D eigenvalue weighted by atomic mass is 16.3. The van der Waals surface area contributed by atoms with Crippen molar-refractivity contribution in [3.8, 4) is 0 Å². The molecule has 0 heterocycles. The van der Waals surface area contributed by atoms with Gasteiger partial charge in [-0.15, -0.1) is 0 Å². The molecule has 2 rings (SSSR count). The summed E-state index contributed by atoms with van der Waals surface area (Å²) >= 11 is 0.